The number of hydrogen-bond acceptors (Lipinski definition) is 2. The molecule has 0 amide bonds. The molecule has 0 aliphatic heterocycles. The Bertz CT molecular complexity index is 407. The smallest absolute Gasteiger partial charge is 0.325 e. The second-order valence-electron chi connectivity index (χ2n) is 3.64. The highest BCUT2D eigenvalue weighted by Crippen LogP contribution is 2.25. The Morgan fingerprint density at radius 3 is 2.47 bits per heavy atom. The van der Waals surface area contributed by atoms with Gasteiger partial charge in [-0.1, -0.05) is 19.9 Å². The number of rotatable bonds is 5. The number of carboxylic acid groups (broad SMARTS) is 1. The van der Waals surface area contributed by atoms with E-state index >= 15 is 0 Å². The Kier molecular flexibility index (Phi) is 5.08. The maximum atomic E-state index is 13.1. The number of carbonyl (C=O) groups is 1. The van der Waals surface area contributed by atoms with Crippen molar-refractivity contribution in [2.75, 3.05) is 13.1 Å². The van der Waals surface area contributed by atoms with Gasteiger partial charge >= 0.3 is 5.97 Å². The molecule has 1 aromatic rings. The van der Waals surface area contributed by atoms with E-state index in [1.807, 2.05) is 18.7 Å². The molecule has 17 heavy (non-hydrogen) atoms. The summed E-state index contributed by atoms with van der Waals surface area (Å²) in [6, 6.07) is 3.57. The lowest BCUT2D eigenvalue weighted by Gasteiger charge is -2.26. The van der Waals surface area contributed by atoms with E-state index in [1.165, 1.54) is 18.2 Å². The number of benzene rings is 1. The largest absolute Gasteiger partial charge is 0.480 e. The van der Waals surface area contributed by atoms with Crippen LogP contribution in [0.5, 0.6) is 0 Å². The second kappa shape index (κ2) is 6.12. The predicted molar refractivity (Wildman–Crippen MR) is 67.4 cm³/mol. The predicted octanol–water partition coefficient (Wildman–Crippen LogP) is 3.06. The molecule has 0 bridgehead atoms. The summed E-state index contributed by atoms with van der Waals surface area (Å²) in [5.41, 5.74) is 0.578. The van der Waals surface area contributed by atoms with Crippen LogP contribution in [0.25, 0.3) is 0 Å². The number of carboxylic acids is 1. The molecule has 0 saturated carbocycles. The monoisotopic (exact) mass is 303 g/mol. The van der Waals surface area contributed by atoms with Crippen LogP contribution in [0.4, 0.5) is 4.39 Å². The zero-order chi connectivity index (χ0) is 13.0. The van der Waals surface area contributed by atoms with Gasteiger partial charge in [0.2, 0.25) is 0 Å². The average molecular weight is 304 g/mol. The Morgan fingerprint density at radius 2 is 2.06 bits per heavy atom. The molecule has 0 spiro atoms. The van der Waals surface area contributed by atoms with Crippen molar-refractivity contribution >= 4 is 21.9 Å². The molecule has 1 unspecified atom stereocenters. The molecule has 5 heteroatoms. The number of aliphatic carboxylic acids is 1. The number of halogens is 2. The first-order chi connectivity index (χ1) is 8.01. The van der Waals surface area contributed by atoms with Crippen molar-refractivity contribution < 1.29 is 14.3 Å². The van der Waals surface area contributed by atoms with Gasteiger partial charge in [-0.3, -0.25) is 9.69 Å². The van der Waals surface area contributed by atoms with Crippen LogP contribution in [0.1, 0.15) is 25.5 Å². The molecular formula is C12H15BrFNO2. The highest BCUT2D eigenvalue weighted by atomic mass is 79.9. The zero-order valence-corrected chi connectivity index (χ0v) is 11.4. The standard InChI is InChI=1S/C12H15BrFNO2/c1-3-15(4-2)11(12(16)17)8-5-6-10(14)9(13)7-8/h5-7,11H,3-4H2,1-2H3,(H,16,17). The van der Waals surface area contributed by atoms with Crippen LogP contribution >= 0.6 is 15.9 Å². The summed E-state index contributed by atoms with van der Waals surface area (Å²) in [7, 11) is 0. The van der Waals surface area contributed by atoms with Gasteiger partial charge in [0, 0.05) is 0 Å². The fourth-order valence-electron chi connectivity index (χ4n) is 1.78. The van der Waals surface area contributed by atoms with E-state index < -0.39 is 17.8 Å². The Hall–Kier alpha value is -0.940. The molecule has 0 aliphatic rings. The average Bonchev–Trinajstić information content (AvgIpc) is 2.29. The van der Waals surface area contributed by atoms with Crippen molar-refractivity contribution in [3.05, 3.63) is 34.1 Å². The van der Waals surface area contributed by atoms with Gasteiger partial charge in [0.05, 0.1) is 4.47 Å². The van der Waals surface area contributed by atoms with Crippen LogP contribution in [0, 0.1) is 5.82 Å². The van der Waals surface area contributed by atoms with Crippen molar-refractivity contribution in [2.24, 2.45) is 0 Å². The maximum Gasteiger partial charge on any atom is 0.325 e. The minimum atomic E-state index is -0.924. The van der Waals surface area contributed by atoms with E-state index in [0.29, 0.717) is 18.7 Å². The topological polar surface area (TPSA) is 40.5 Å². The van der Waals surface area contributed by atoms with Gasteiger partial charge in [-0.05, 0) is 46.7 Å². The Morgan fingerprint density at radius 1 is 1.47 bits per heavy atom. The van der Waals surface area contributed by atoms with Crippen molar-refractivity contribution in [3.63, 3.8) is 0 Å². The highest BCUT2D eigenvalue weighted by molar-refractivity contribution is 9.10. The Labute approximate surface area is 108 Å². The van der Waals surface area contributed by atoms with Crippen molar-refractivity contribution in [1.82, 2.24) is 4.90 Å². The van der Waals surface area contributed by atoms with Gasteiger partial charge in [0.15, 0.2) is 0 Å². The van der Waals surface area contributed by atoms with E-state index in [9.17, 15) is 14.3 Å². The molecule has 0 fully saturated rings. The lowest BCUT2D eigenvalue weighted by atomic mass is 10.1. The van der Waals surface area contributed by atoms with E-state index in [2.05, 4.69) is 15.9 Å². The van der Waals surface area contributed by atoms with Crippen LogP contribution in [-0.4, -0.2) is 29.1 Å². The van der Waals surface area contributed by atoms with Gasteiger partial charge in [-0.2, -0.15) is 0 Å². The molecule has 3 nitrogen and oxygen atoms in total. The summed E-state index contributed by atoms with van der Waals surface area (Å²) >= 11 is 3.07. The minimum absolute atomic E-state index is 0.286. The third kappa shape index (κ3) is 3.26. The fraction of sp³-hybridized carbons (Fsp3) is 0.417. The van der Waals surface area contributed by atoms with E-state index in [1.54, 1.807) is 0 Å². The van der Waals surface area contributed by atoms with Crippen LogP contribution in [-0.2, 0) is 4.79 Å². The molecule has 0 aromatic heterocycles. The van der Waals surface area contributed by atoms with Crippen LogP contribution in [0.2, 0.25) is 0 Å². The third-order valence-corrected chi connectivity index (χ3v) is 3.28. The summed E-state index contributed by atoms with van der Waals surface area (Å²) in [5, 5.41) is 9.27. The summed E-state index contributed by atoms with van der Waals surface area (Å²) in [6.07, 6.45) is 0. The molecule has 1 rings (SSSR count). The van der Waals surface area contributed by atoms with Gasteiger partial charge in [-0.15, -0.1) is 0 Å². The van der Waals surface area contributed by atoms with Crippen LogP contribution in [0.15, 0.2) is 22.7 Å². The summed E-state index contributed by atoms with van der Waals surface area (Å²) in [4.78, 5) is 13.1. The SMILES string of the molecule is CCN(CC)C(C(=O)O)c1ccc(F)c(Br)c1. The van der Waals surface area contributed by atoms with Crippen LogP contribution < -0.4 is 0 Å². The molecule has 0 saturated heterocycles. The van der Waals surface area contributed by atoms with E-state index in [-0.39, 0.29) is 4.47 Å². The van der Waals surface area contributed by atoms with E-state index in [4.69, 9.17) is 0 Å². The minimum Gasteiger partial charge on any atom is -0.480 e. The summed E-state index contributed by atoms with van der Waals surface area (Å²) in [6.45, 7) is 5.06. The lowest BCUT2D eigenvalue weighted by molar-refractivity contribution is -0.143. The molecule has 1 aromatic carbocycles. The second-order valence-corrected chi connectivity index (χ2v) is 4.49. The third-order valence-electron chi connectivity index (χ3n) is 2.67. The van der Waals surface area contributed by atoms with Gasteiger partial charge in [0.25, 0.3) is 0 Å². The number of likely N-dealkylation sites (N-methyl/N-ethyl adjacent to an activating group) is 1. The molecule has 94 valence electrons. The normalized spacial score (nSPS) is 12.8. The first-order valence-electron chi connectivity index (χ1n) is 5.43. The molecule has 0 aliphatic carbocycles. The van der Waals surface area contributed by atoms with Gasteiger partial charge in [-0.25, -0.2) is 4.39 Å². The zero-order valence-electron chi connectivity index (χ0n) is 9.78. The summed E-state index contributed by atoms with van der Waals surface area (Å²) < 4.78 is 13.4. The van der Waals surface area contributed by atoms with Crippen molar-refractivity contribution in [3.8, 4) is 0 Å². The summed E-state index contributed by atoms with van der Waals surface area (Å²) in [5.74, 6) is -1.32. The molecular weight excluding hydrogens is 289 g/mol. The van der Waals surface area contributed by atoms with Gasteiger partial charge < -0.3 is 5.11 Å². The van der Waals surface area contributed by atoms with Crippen LogP contribution in [0.3, 0.4) is 0 Å². The number of hydrogen-bond donors (Lipinski definition) is 1. The fourth-order valence-corrected chi connectivity index (χ4v) is 2.18. The van der Waals surface area contributed by atoms with Crippen molar-refractivity contribution in [1.29, 1.82) is 0 Å². The maximum absolute atomic E-state index is 13.1. The lowest BCUT2D eigenvalue weighted by Crippen LogP contribution is -2.33. The van der Waals surface area contributed by atoms with Gasteiger partial charge in [0.1, 0.15) is 11.9 Å². The first-order valence-corrected chi connectivity index (χ1v) is 6.22. The quantitative estimate of drug-likeness (QED) is 0.909. The highest BCUT2D eigenvalue weighted by Gasteiger charge is 2.25. The van der Waals surface area contributed by atoms with Crippen molar-refractivity contribution in [2.45, 2.75) is 19.9 Å². The first kappa shape index (κ1) is 14.1. The number of nitrogens with zero attached hydrogens (tertiary/aromatic N) is 1. The molecule has 0 radical (unpaired) electrons. The van der Waals surface area contributed by atoms with E-state index in [0.717, 1.165) is 0 Å². The molecule has 0 heterocycles. The molecule has 1 atom stereocenters. The Balaban J connectivity index is 3.13. The molecule has 1 N–H and O–H groups in total.